The highest BCUT2D eigenvalue weighted by molar-refractivity contribution is 6.32. The molecule has 0 bridgehead atoms. The molecule has 18 heavy (non-hydrogen) atoms. The van der Waals surface area contributed by atoms with Crippen molar-refractivity contribution in [2.75, 3.05) is 5.32 Å². The van der Waals surface area contributed by atoms with Crippen LogP contribution in [0.2, 0.25) is 15.6 Å². The van der Waals surface area contributed by atoms with Crippen LogP contribution in [0.25, 0.3) is 0 Å². The first kappa shape index (κ1) is 13.0. The maximum Gasteiger partial charge on any atom is 0.256 e. The van der Waals surface area contributed by atoms with Gasteiger partial charge in [-0.05, 0) is 23.7 Å². The van der Waals surface area contributed by atoms with E-state index >= 15 is 0 Å². The minimum atomic E-state index is -0.398. The zero-order valence-electron chi connectivity index (χ0n) is 8.69. The van der Waals surface area contributed by atoms with Gasteiger partial charge >= 0.3 is 0 Å². The second kappa shape index (κ2) is 5.48. The summed E-state index contributed by atoms with van der Waals surface area (Å²) in [5, 5.41) is 2.83. The zero-order valence-corrected chi connectivity index (χ0v) is 11.0. The largest absolute Gasteiger partial charge is 0.306 e. The van der Waals surface area contributed by atoms with E-state index in [9.17, 15) is 4.79 Å². The summed E-state index contributed by atoms with van der Waals surface area (Å²) in [6.07, 6.45) is 1.43. The van der Waals surface area contributed by atoms with E-state index in [0.29, 0.717) is 5.56 Å². The second-order valence-electron chi connectivity index (χ2n) is 3.17. The lowest BCUT2D eigenvalue weighted by Crippen LogP contribution is -2.13. The van der Waals surface area contributed by atoms with Crippen molar-refractivity contribution in [3.63, 3.8) is 0 Å². The first-order valence-electron chi connectivity index (χ1n) is 4.67. The number of nitrogens with zero attached hydrogens (tertiary/aromatic N) is 3. The van der Waals surface area contributed by atoms with Gasteiger partial charge < -0.3 is 5.32 Å². The molecule has 1 amide bonds. The Kier molecular flexibility index (Phi) is 3.96. The van der Waals surface area contributed by atoms with Crippen LogP contribution in [-0.4, -0.2) is 20.9 Å². The Morgan fingerprint density at radius 2 is 1.89 bits per heavy atom. The average molecular weight is 304 g/mol. The summed E-state index contributed by atoms with van der Waals surface area (Å²) < 4.78 is 0. The predicted molar refractivity (Wildman–Crippen MR) is 69.3 cm³/mol. The van der Waals surface area contributed by atoms with Gasteiger partial charge in [0.1, 0.15) is 16.1 Å². The third kappa shape index (κ3) is 3.29. The Balaban J connectivity index is 2.21. The van der Waals surface area contributed by atoms with Gasteiger partial charge in [-0.25, -0.2) is 15.0 Å². The van der Waals surface area contributed by atoms with Gasteiger partial charge in [-0.1, -0.05) is 23.2 Å². The van der Waals surface area contributed by atoms with E-state index in [1.165, 1.54) is 24.4 Å². The monoisotopic (exact) mass is 302 g/mol. The number of rotatable bonds is 2. The van der Waals surface area contributed by atoms with Gasteiger partial charge in [0.25, 0.3) is 5.91 Å². The number of aromatic nitrogens is 3. The quantitative estimate of drug-likeness (QED) is 0.526. The van der Waals surface area contributed by atoms with Gasteiger partial charge in [-0.15, -0.1) is 0 Å². The molecule has 0 atom stereocenters. The van der Waals surface area contributed by atoms with Gasteiger partial charge in [0, 0.05) is 17.8 Å². The Bertz CT molecular complexity index is 585. The molecular formula is C10H5Cl3N4O. The van der Waals surface area contributed by atoms with Crippen LogP contribution in [0.1, 0.15) is 10.4 Å². The first-order valence-corrected chi connectivity index (χ1v) is 5.81. The van der Waals surface area contributed by atoms with Crippen molar-refractivity contribution < 1.29 is 4.79 Å². The maximum absolute atomic E-state index is 11.8. The van der Waals surface area contributed by atoms with Crippen LogP contribution in [0.4, 0.5) is 5.82 Å². The number of amides is 1. The van der Waals surface area contributed by atoms with Gasteiger partial charge in [0.15, 0.2) is 0 Å². The Morgan fingerprint density at radius 1 is 1.11 bits per heavy atom. The molecule has 0 aliphatic heterocycles. The lowest BCUT2D eigenvalue weighted by Gasteiger charge is -2.04. The minimum Gasteiger partial charge on any atom is -0.306 e. The number of carbonyl (C=O) groups is 1. The van der Waals surface area contributed by atoms with Crippen molar-refractivity contribution in [2.45, 2.75) is 0 Å². The predicted octanol–water partition coefficient (Wildman–Crippen LogP) is 3.08. The van der Waals surface area contributed by atoms with E-state index in [1.807, 2.05) is 0 Å². The molecule has 0 radical (unpaired) electrons. The highest BCUT2D eigenvalue weighted by Gasteiger charge is 2.09. The van der Waals surface area contributed by atoms with Gasteiger partial charge in [-0.3, -0.25) is 4.79 Å². The van der Waals surface area contributed by atoms with Crippen molar-refractivity contribution in [3.05, 3.63) is 45.5 Å². The third-order valence-corrected chi connectivity index (χ3v) is 2.47. The SMILES string of the molecule is O=C(Nc1cc(Cl)nc(Cl)n1)c1ccnc(Cl)c1. The number of carbonyl (C=O) groups excluding carboxylic acids is 1. The second-order valence-corrected chi connectivity index (χ2v) is 4.28. The van der Waals surface area contributed by atoms with E-state index in [4.69, 9.17) is 34.8 Å². The molecule has 0 fully saturated rings. The Hall–Kier alpha value is -1.43. The fourth-order valence-corrected chi connectivity index (χ4v) is 1.77. The molecule has 0 aliphatic carbocycles. The molecule has 2 rings (SSSR count). The summed E-state index contributed by atoms with van der Waals surface area (Å²) in [6, 6.07) is 4.33. The number of halogens is 3. The molecule has 5 nitrogen and oxygen atoms in total. The summed E-state index contributed by atoms with van der Waals surface area (Å²) in [5.41, 5.74) is 0.348. The van der Waals surface area contributed by atoms with Crippen molar-refractivity contribution in [2.24, 2.45) is 0 Å². The lowest BCUT2D eigenvalue weighted by atomic mass is 10.2. The molecule has 0 spiro atoms. The molecule has 0 aliphatic rings. The summed E-state index contributed by atoms with van der Waals surface area (Å²) in [7, 11) is 0. The molecule has 2 heterocycles. The van der Waals surface area contributed by atoms with Crippen LogP contribution in [-0.2, 0) is 0 Å². The summed E-state index contributed by atoms with van der Waals surface area (Å²) in [4.78, 5) is 23.1. The average Bonchev–Trinajstić information content (AvgIpc) is 2.27. The van der Waals surface area contributed by atoms with E-state index < -0.39 is 5.91 Å². The van der Waals surface area contributed by atoms with Crippen LogP contribution < -0.4 is 5.32 Å². The van der Waals surface area contributed by atoms with Gasteiger partial charge in [0.05, 0.1) is 0 Å². The van der Waals surface area contributed by atoms with E-state index in [2.05, 4.69) is 20.3 Å². The Morgan fingerprint density at radius 3 is 2.56 bits per heavy atom. The van der Waals surface area contributed by atoms with Crippen molar-refractivity contribution in [1.29, 1.82) is 0 Å². The molecule has 0 aromatic carbocycles. The Labute approximate surface area is 117 Å². The molecule has 2 aromatic heterocycles. The highest BCUT2D eigenvalue weighted by atomic mass is 35.5. The molecule has 8 heteroatoms. The van der Waals surface area contributed by atoms with Crippen LogP contribution in [0.15, 0.2) is 24.4 Å². The van der Waals surface area contributed by atoms with Gasteiger partial charge in [0.2, 0.25) is 5.28 Å². The van der Waals surface area contributed by atoms with Crippen LogP contribution >= 0.6 is 34.8 Å². The van der Waals surface area contributed by atoms with Crippen molar-refractivity contribution >= 4 is 46.5 Å². The maximum atomic E-state index is 11.8. The number of hydrogen-bond donors (Lipinski definition) is 1. The molecule has 92 valence electrons. The van der Waals surface area contributed by atoms with E-state index in [0.717, 1.165) is 0 Å². The molecule has 0 saturated carbocycles. The van der Waals surface area contributed by atoms with Crippen molar-refractivity contribution in [1.82, 2.24) is 15.0 Å². The number of pyridine rings is 1. The van der Waals surface area contributed by atoms with Crippen LogP contribution in [0.3, 0.4) is 0 Å². The molecule has 2 aromatic rings. The highest BCUT2D eigenvalue weighted by Crippen LogP contribution is 2.15. The third-order valence-electron chi connectivity index (χ3n) is 1.90. The summed E-state index contributed by atoms with van der Waals surface area (Å²) >= 11 is 17.0. The van der Waals surface area contributed by atoms with Gasteiger partial charge in [-0.2, -0.15) is 0 Å². The van der Waals surface area contributed by atoms with Crippen LogP contribution in [0.5, 0.6) is 0 Å². The van der Waals surface area contributed by atoms with E-state index in [1.54, 1.807) is 0 Å². The summed E-state index contributed by atoms with van der Waals surface area (Å²) in [6.45, 7) is 0. The molecule has 1 N–H and O–H groups in total. The fraction of sp³-hybridized carbons (Fsp3) is 0. The molecule has 0 unspecified atom stereocenters. The first-order chi connectivity index (χ1) is 8.54. The normalized spacial score (nSPS) is 10.2. The summed E-state index contributed by atoms with van der Waals surface area (Å²) in [5.74, 6) is -0.192. The number of hydrogen-bond acceptors (Lipinski definition) is 4. The smallest absolute Gasteiger partial charge is 0.256 e. The van der Waals surface area contributed by atoms with Crippen molar-refractivity contribution in [3.8, 4) is 0 Å². The topological polar surface area (TPSA) is 67.8 Å². The zero-order chi connectivity index (χ0) is 13.1. The standard InChI is InChI=1S/C10H5Cl3N4O/c11-6-3-5(1-2-14-6)9(18)16-8-4-7(12)15-10(13)17-8/h1-4H,(H,15,16,17,18). The number of anilines is 1. The molecular weight excluding hydrogens is 298 g/mol. The minimum absolute atomic E-state index is 0.0504. The fourth-order valence-electron chi connectivity index (χ4n) is 1.19. The molecule has 0 saturated heterocycles. The number of nitrogens with one attached hydrogen (secondary N) is 1. The van der Waals surface area contributed by atoms with Crippen LogP contribution in [0, 0.1) is 0 Å². The van der Waals surface area contributed by atoms with E-state index in [-0.39, 0.29) is 21.4 Å². The lowest BCUT2D eigenvalue weighted by molar-refractivity contribution is 0.102.